The first-order chi connectivity index (χ1) is 13.0. The van der Waals surface area contributed by atoms with Gasteiger partial charge >= 0.3 is 0 Å². The van der Waals surface area contributed by atoms with Crippen LogP contribution in [0.2, 0.25) is 0 Å². The lowest BCUT2D eigenvalue weighted by Crippen LogP contribution is -2.12. The summed E-state index contributed by atoms with van der Waals surface area (Å²) >= 11 is 0. The highest BCUT2D eigenvalue weighted by Crippen LogP contribution is 2.18. The highest BCUT2D eigenvalue weighted by molar-refractivity contribution is 7.90. The van der Waals surface area contributed by atoms with Crippen molar-refractivity contribution in [1.82, 2.24) is 9.97 Å². The highest BCUT2D eigenvalue weighted by Gasteiger charge is 2.15. The normalized spacial score (nSPS) is 11.4. The van der Waals surface area contributed by atoms with E-state index in [-0.39, 0.29) is 30.1 Å². The maximum absolute atomic E-state index is 12.2. The van der Waals surface area contributed by atoms with Crippen LogP contribution < -0.4 is 0 Å². The molecule has 6 nitrogen and oxygen atoms in total. The monoisotopic (exact) mass is 384 g/mol. The highest BCUT2D eigenvalue weighted by atomic mass is 32.2. The number of benzene rings is 1. The molecule has 140 valence electrons. The molecule has 0 aliphatic heterocycles. The summed E-state index contributed by atoms with van der Waals surface area (Å²) in [5.41, 5.74) is 1.40. The van der Waals surface area contributed by atoms with Gasteiger partial charge in [-0.1, -0.05) is 36.4 Å². The Morgan fingerprint density at radius 2 is 1.78 bits per heavy atom. The second-order valence-corrected chi connectivity index (χ2v) is 8.41. The van der Waals surface area contributed by atoms with Gasteiger partial charge in [-0.05, 0) is 24.1 Å². The molecular weight excluding hydrogens is 364 g/mol. The van der Waals surface area contributed by atoms with E-state index in [1.165, 1.54) is 6.20 Å². The number of carbonyl (C=O) groups is 1. The maximum Gasteiger partial charge on any atom is 0.202 e. The summed E-state index contributed by atoms with van der Waals surface area (Å²) in [4.78, 5) is 20.4. The van der Waals surface area contributed by atoms with Gasteiger partial charge in [-0.3, -0.25) is 9.78 Å². The molecule has 0 unspecified atom stereocenters. The maximum atomic E-state index is 12.2. The fraction of sp³-hybridized carbons (Fsp3) is 0.250. The van der Waals surface area contributed by atoms with Gasteiger partial charge in [0.15, 0.2) is 15.6 Å². The average molecular weight is 384 g/mol. The molecule has 7 heteroatoms. The Bertz CT molecular complexity index is 983. The lowest BCUT2D eigenvalue weighted by molar-refractivity contribution is -0.118. The summed E-state index contributed by atoms with van der Waals surface area (Å²) in [7, 11) is -3.23. The van der Waals surface area contributed by atoms with Crippen molar-refractivity contribution in [2.24, 2.45) is 0 Å². The van der Waals surface area contributed by atoms with Gasteiger partial charge in [-0.25, -0.2) is 13.4 Å². The number of carbonyl (C=O) groups excluding carboxylic acids is 1. The number of Topliss-reactive ketones (excluding diaryl/α,β-unsaturated/α-hetero) is 1. The van der Waals surface area contributed by atoms with Crippen molar-refractivity contribution in [3.05, 3.63) is 72.4 Å². The van der Waals surface area contributed by atoms with Crippen LogP contribution in [0.15, 0.2) is 65.3 Å². The van der Waals surface area contributed by atoms with Crippen molar-refractivity contribution in [3.63, 3.8) is 0 Å². The van der Waals surface area contributed by atoms with Gasteiger partial charge in [0, 0.05) is 12.6 Å². The molecule has 0 aliphatic carbocycles. The van der Waals surface area contributed by atoms with Crippen molar-refractivity contribution in [1.29, 1.82) is 0 Å². The first-order valence-corrected chi connectivity index (χ1v) is 10.5. The van der Waals surface area contributed by atoms with Gasteiger partial charge in [0.1, 0.15) is 11.5 Å². The SMILES string of the molecule is O=C(CCCS(=O)(=O)Cc1ccccc1)Cc1ncc(-c2ccccn2)o1. The smallest absolute Gasteiger partial charge is 0.202 e. The number of hydrogen-bond acceptors (Lipinski definition) is 6. The lowest BCUT2D eigenvalue weighted by Gasteiger charge is -2.04. The molecule has 0 saturated carbocycles. The summed E-state index contributed by atoms with van der Waals surface area (Å²) in [5.74, 6) is 0.698. The first-order valence-electron chi connectivity index (χ1n) is 8.64. The molecule has 0 bridgehead atoms. The minimum absolute atomic E-state index is 0.00476. The van der Waals surface area contributed by atoms with Crippen LogP contribution in [0.5, 0.6) is 0 Å². The minimum Gasteiger partial charge on any atom is -0.439 e. The minimum atomic E-state index is -3.23. The third-order valence-corrected chi connectivity index (χ3v) is 5.64. The fourth-order valence-corrected chi connectivity index (χ4v) is 4.09. The van der Waals surface area contributed by atoms with Crippen LogP contribution >= 0.6 is 0 Å². The number of rotatable bonds is 9. The van der Waals surface area contributed by atoms with Crippen LogP contribution in [-0.4, -0.2) is 29.9 Å². The summed E-state index contributed by atoms with van der Waals surface area (Å²) in [6.07, 6.45) is 3.70. The Morgan fingerprint density at radius 3 is 2.52 bits per heavy atom. The van der Waals surface area contributed by atoms with E-state index >= 15 is 0 Å². The molecule has 0 N–H and O–H groups in total. The number of hydrogen-bond donors (Lipinski definition) is 0. The molecule has 0 aliphatic rings. The predicted molar refractivity (Wildman–Crippen MR) is 102 cm³/mol. The topological polar surface area (TPSA) is 90.1 Å². The number of ketones is 1. The largest absolute Gasteiger partial charge is 0.439 e. The quantitative estimate of drug-likeness (QED) is 0.562. The summed E-state index contributed by atoms with van der Waals surface area (Å²) in [5, 5.41) is 0. The van der Waals surface area contributed by atoms with E-state index in [0.717, 1.165) is 5.56 Å². The number of nitrogens with zero attached hydrogens (tertiary/aromatic N) is 2. The summed E-state index contributed by atoms with van der Waals surface area (Å²) in [6.45, 7) is 0. The zero-order valence-electron chi connectivity index (χ0n) is 14.7. The summed E-state index contributed by atoms with van der Waals surface area (Å²) < 4.78 is 29.9. The summed E-state index contributed by atoms with van der Waals surface area (Å²) in [6, 6.07) is 14.5. The number of aromatic nitrogens is 2. The molecule has 0 radical (unpaired) electrons. The molecule has 0 spiro atoms. The Balaban J connectivity index is 1.47. The Morgan fingerprint density at radius 1 is 1.00 bits per heavy atom. The average Bonchev–Trinajstić information content (AvgIpc) is 3.11. The second kappa shape index (κ2) is 8.73. The van der Waals surface area contributed by atoms with Crippen molar-refractivity contribution in [2.75, 3.05) is 5.75 Å². The predicted octanol–water partition coefficient (Wildman–Crippen LogP) is 3.24. The number of pyridine rings is 1. The van der Waals surface area contributed by atoms with Crippen molar-refractivity contribution in [2.45, 2.75) is 25.0 Å². The van der Waals surface area contributed by atoms with Crippen molar-refractivity contribution < 1.29 is 17.6 Å². The second-order valence-electron chi connectivity index (χ2n) is 6.23. The van der Waals surface area contributed by atoms with Crippen LogP contribution in [0.1, 0.15) is 24.3 Å². The van der Waals surface area contributed by atoms with E-state index in [9.17, 15) is 13.2 Å². The zero-order valence-corrected chi connectivity index (χ0v) is 15.6. The van der Waals surface area contributed by atoms with Gasteiger partial charge in [0.2, 0.25) is 5.89 Å². The molecule has 0 fully saturated rings. The molecule has 0 saturated heterocycles. The fourth-order valence-electron chi connectivity index (χ4n) is 2.67. The molecule has 2 aromatic heterocycles. The van der Waals surface area contributed by atoms with Gasteiger partial charge in [-0.2, -0.15) is 0 Å². The van der Waals surface area contributed by atoms with E-state index in [0.29, 0.717) is 23.8 Å². The molecule has 27 heavy (non-hydrogen) atoms. The van der Waals surface area contributed by atoms with Crippen LogP contribution in [0.3, 0.4) is 0 Å². The van der Waals surface area contributed by atoms with Crippen molar-refractivity contribution >= 4 is 15.6 Å². The van der Waals surface area contributed by atoms with Gasteiger partial charge < -0.3 is 4.42 Å². The van der Waals surface area contributed by atoms with Crippen molar-refractivity contribution in [3.8, 4) is 11.5 Å². The molecule has 1 aromatic carbocycles. The van der Waals surface area contributed by atoms with E-state index in [1.54, 1.807) is 30.5 Å². The zero-order chi connectivity index (χ0) is 19.1. The van der Waals surface area contributed by atoms with E-state index in [4.69, 9.17) is 4.42 Å². The Hall–Kier alpha value is -2.80. The van der Waals surface area contributed by atoms with Gasteiger partial charge in [-0.15, -0.1) is 0 Å². The van der Waals surface area contributed by atoms with E-state index in [2.05, 4.69) is 9.97 Å². The van der Waals surface area contributed by atoms with Crippen LogP contribution in [0, 0.1) is 0 Å². The molecule has 3 aromatic rings. The molecule has 2 heterocycles. The van der Waals surface area contributed by atoms with Gasteiger partial charge in [0.25, 0.3) is 0 Å². The molecule has 0 amide bonds. The standard InChI is InChI=1S/C20H20N2O4S/c23-17(9-6-12-27(24,25)15-16-7-2-1-3-8-16)13-20-22-14-19(26-20)18-10-4-5-11-21-18/h1-5,7-8,10-11,14H,6,9,12-13,15H2. The van der Waals surface area contributed by atoms with Crippen LogP contribution in [0.25, 0.3) is 11.5 Å². The molecular formula is C20H20N2O4S. The van der Waals surface area contributed by atoms with Crippen LogP contribution in [-0.2, 0) is 26.8 Å². The third kappa shape index (κ3) is 5.86. The molecule has 3 rings (SSSR count). The first kappa shape index (κ1) is 19.0. The number of oxazole rings is 1. The number of sulfone groups is 1. The lowest BCUT2D eigenvalue weighted by atomic mass is 10.2. The van der Waals surface area contributed by atoms with Gasteiger partial charge in [0.05, 0.1) is 24.1 Å². The Kier molecular flexibility index (Phi) is 6.13. The Labute approximate surface area is 158 Å². The van der Waals surface area contributed by atoms with Crippen LogP contribution in [0.4, 0.5) is 0 Å². The van der Waals surface area contributed by atoms with E-state index in [1.807, 2.05) is 24.3 Å². The molecule has 0 atom stereocenters. The van der Waals surface area contributed by atoms with E-state index < -0.39 is 9.84 Å². The third-order valence-electron chi connectivity index (χ3n) is 3.96.